The van der Waals surface area contributed by atoms with Crippen LogP contribution >= 0.6 is 0 Å². The van der Waals surface area contributed by atoms with E-state index >= 15 is 0 Å². The minimum absolute atomic E-state index is 0.207. The standard InChI is InChI=1S/C18H25NO2/c1-2-9-19-18(12-17(20)21)15-7-8-16(18)11-14-6-4-3-5-13(14)10-15/h3-6,15-16,19H,2,7-12H2,1H3,(H,20,21). The first-order chi connectivity index (χ1) is 10.2. The lowest BCUT2D eigenvalue weighted by Gasteiger charge is -2.39. The van der Waals surface area contributed by atoms with Crippen LogP contribution in [-0.4, -0.2) is 23.2 Å². The van der Waals surface area contributed by atoms with E-state index in [1.807, 2.05) is 0 Å². The number of aliphatic carboxylic acids is 1. The Balaban J connectivity index is 1.96. The highest BCUT2D eigenvalue weighted by Gasteiger charge is 2.52. The molecule has 3 nitrogen and oxygen atoms in total. The number of benzene rings is 1. The summed E-state index contributed by atoms with van der Waals surface area (Å²) in [5.41, 5.74) is 2.65. The summed E-state index contributed by atoms with van der Waals surface area (Å²) in [6.45, 7) is 3.06. The van der Waals surface area contributed by atoms with Crippen LogP contribution in [0.4, 0.5) is 0 Å². The lowest BCUT2D eigenvalue weighted by atomic mass is 9.76. The smallest absolute Gasteiger partial charge is 0.305 e. The fraction of sp³-hybridized carbons (Fsp3) is 0.611. The molecule has 0 heterocycles. The van der Waals surface area contributed by atoms with Gasteiger partial charge in [0.15, 0.2) is 0 Å². The van der Waals surface area contributed by atoms with Crippen molar-refractivity contribution in [2.24, 2.45) is 11.8 Å². The number of carboxylic acid groups (broad SMARTS) is 1. The maximum absolute atomic E-state index is 11.5. The van der Waals surface area contributed by atoms with Crippen LogP contribution < -0.4 is 5.32 Å². The van der Waals surface area contributed by atoms with Crippen molar-refractivity contribution < 1.29 is 9.90 Å². The number of fused-ring (bicyclic) bond motifs is 3. The van der Waals surface area contributed by atoms with Gasteiger partial charge in [0.25, 0.3) is 0 Å². The molecule has 2 atom stereocenters. The summed E-state index contributed by atoms with van der Waals surface area (Å²) in [6.07, 6.45) is 5.67. The molecule has 2 aliphatic carbocycles. The molecule has 0 spiro atoms. The number of hydrogen-bond acceptors (Lipinski definition) is 2. The van der Waals surface area contributed by atoms with Crippen LogP contribution in [0.15, 0.2) is 24.3 Å². The third-order valence-electron chi connectivity index (χ3n) is 5.52. The summed E-state index contributed by atoms with van der Waals surface area (Å²) in [5.74, 6) is 0.240. The lowest BCUT2D eigenvalue weighted by Crippen LogP contribution is -2.55. The molecule has 0 radical (unpaired) electrons. The maximum Gasteiger partial charge on any atom is 0.305 e. The van der Waals surface area contributed by atoms with E-state index < -0.39 is 5.97 Å². The molecule has 2 bridgehead atoms. The second-order valence-electron chi connectivity index (χ2n) is 6.69. The predicted molar refractivity (Wildman–Crippen MR) is 83.3 cm³/mol. The SMILES string of the molecule is CCCNC1(CC(=O)O)C2CCC1Cc1ccccc1C2. The van der Waals surface area contributed by atoms with Gasteiger partial charge in [-0.05, 0) is 61.6 Å². The Morgan fingerprint density at radius 3 is 2.29 bits per heavy atom. The van der Waals surface area contributed by atoms with Crippen LogP contribution in [0, 0.1) is 11.8 Å². The van der Waals surface area contributed by atoms with E-state index in [0.717, 1.165) is 38.6 Å². The Bertz CT molecular complexity index is 493. The van der Waals surface area contributed by atoms with E-state index in [4.69, 9.17) is 0 Å². The molecule has 21 heavy (non-hydrogen) atoms. The largest absolute Gasteiger partial charge is 0.481 e. The number of hydrogen-bond donors (Lipinski definition) is 2. The van der Waals surface area contributed by atoms with Gasteiger partial charge in [-0.3, -0.25) is 4.79 Å². The normalized spacial score (nSPS) is 30.7. The summed E-state index contributed by atoms with van der Waals surface area (Å²) in [7, 11) is 0. The molecule has 3 rings (SSSR count). The number of nitrogens with one attached hydrogen (secondary N) is 1. The molecule has 0 aromatic heterocycles. The van der Waals surface area contributed by atoms with E-state index in [1.54, 1.807) is 0 Å². The molecule has 0 amide bonds. The highest BCUT2D eigenvalue weighted by Crippen LogP contribution is 2.48. The van der Waals surface area contributed by atoms with Gasteiger partial charge in [-0.1, -0.05) is 31.2 Å². The van der Waals surface area contributed by atoms with Crippen LogP contribution in [0.5, 0.6) is 0 Å². The first kappa shape index (κ1) is 14.6. The molecule has 0 saturated heterocycles. The monoisotopic (exact) mass is 287 g/mol. The fourth-order valence-electron chi connectivity index (χ4n) is 4.55. The highest BCUT2D eigenvalue weighted by atomic mass is 16.4. The van der Waals surface area contributed by atoms with Crippen molar-refractivity contribution in [3.8, 4) is 0 Å². The molecule has 2 N–H and O–H groups in total. The van der Waals surface area contributed by atoms with Gasteiger partial charge in [0.05, 0.1) is 6.42 Å². The zero-order valence-corrected chi connectivity index (χ0v) is 12.8. The first-order valence-corrected chi connectivity index (χ1v) is 8.19. The molecule has 1 aromatic rings. The zero-order chi connectivity index (χ0) is 14.9. The van der Waals surface area contributed by atoms with Crippen molar-refractivity contribution in [3.63, 3.8) is 0 Å². The maximum atomic E-state index is 11.5. The van der Waals surface area contributed by atoms with Crippen molar-refractivity contribution in [1.82, 2.24) is 5.32 Å². The molecule has 0 aliphatic heterocycles. The Labute approximate surface area is 126 Å². The zero-order valence-electron chi connectivity index (χ0n) is 12.8. The van der Waals surface area contributed by atoms with E-state index in [2.05, 4.69) is 36.5 Å². The molecule has 1 fully saturated rings. The molecule has 1 saturated carbocycles. The average molecular weight is 287 g/mol. The van der Waals surface area contributed by atoms with Crippen molar-refractivity contribution >= 4 is 5.97 Å². The Morgan fingerprint density at radius 1 is 1.24 bits per heavy atom. The van der Waals surface area contributed by atoms with Crippen LogP contribution in [0.3, 0.4) is 0 Å². The Kier molecular flexibility index (Phi) is 4.03. The van der Waals surface area contributed by atoms with Gasteiger partial charge < -0.3 is 10.4 Å². The summed E-state index contributed by atoms with van der Waals surface area (Å²) in [5, 5.41) is 13.1. The van der Waals surface area contributed by atoms with Crippen LogP contribution in [0.2, 0.25) is 0 Å². The first-order valence-electron chi connectivity index (χ1n) is 8.19. The summed E-state index contributed by atoms with van der Waals surface area (Å²) in [6, 6.07) is 8.66. The highest BCUT2D eigenvalue weighted by molar-refractivity contribution is 5.69. The quantitative estimate of drug-likeness (QED) is 0.875. The summed E-state index contributed by atoms with van der Waals surface area (Å²) >= 11 is 0. The second-order valence-corrected chi connectivity index (χ2v) is 6.69. The Hall–Kier alpha value is -1.35. The molecule has 2 aliphatic rings. The Morgan fingerprint density at radius 2 is 1.81 bits per heavy atom. The summed E-state index contributed by atoms with van der Waals surface area (Å²) in [4.78, 5) is 11.5. The van der Waals surface area contributed by atoms with Gasteiger partial charge in [0, 0.05) is 5.54 Å². The summed E-state index contributed by atoms with van der Waals surface area (Å²) < 4.78 is 0. The van der Waals surface area contributed by atoms with Crippen molar-refractivity contribution in [2.75, 3.05) is 6.54 Å². The van der Waals surface area contributed by atoms with Gasteiger partial charge in [-0.2, -0.15) is 0 Å². The van der Waals surface area contributed by atoms with E-state index in [-0.39, 0.29) is 12.0 Å². The molecule has 3 heteroatoms. The van der Waals surface area contributed by atoms with Crippen molar-refractivity contribution in [1.29, 1.82) is 0 Å². The van der Waals surface area contributed by atoms with E-state index in [0.29, 0.717) is 11.8 Å². The minimum atomic E-state index is -0.665. The third-order valence-corrected chi connectivity index (χ3v) is 5.52. The van der Waals surface area contributed by atoms with Gasteiger partial charge in [-0.15, -0.1) is 0 Å². The predicted octanol–water partition coefficient (Wildman–Crippen LogP) is 3.02. The van der Waals surface area contributed by atoms with Crippen LogP contribution in [0.1, 0.15) is 43.7 Å². The van der Waals surface area contributed by atoms with Gasteiger partial charge in [0.1, 0.15) is 0 Å². The number of carboxylic acids is 1. The van der Waals surface area contributed by atoms with Gasteiger partial charge in [-0.25, -0.2) is 0 Å². The van der Waals surface area contributed by atoms with Gasteiger partial charge >= 0.3 is 5.97 Å². The number of rotatable bonds is 5. The topological polar surface area (TPSA) is 49.3 Å². The second kappa shape index (κ2) is 5.80. The molecule has 2 unspecified atom stereocenters. The van der Waals surface area contributed by atoms with Crippen LogP contribution in [0.25, 0.3) is 0 Å². The molecule has 1 aromatic carbocycles. The number of carbonyl (C=O) groups is 1. The molecular formula is C18H25NO2. The fourth-order valence-corrected chi connectivity index (χ4v) is 4.55. The van der Waals surface area contributed by atoms with Crippen molar-refractivity contribution in [3.05, 3.63) is 35.4 Å². The van der Waals surface area contributed by atoms with Crippen molar-refractivity contribution in [2.45, 2.75) is 51.0 Å². The van der Waals surface area contributed by atoms with E-state index in [9.17, 15) is 9.90 Å². The van der Waals surface area contributed by atoms with Crippen LogP contribution in [-0.2, 0) is 17.6 Å². The molecular weight excluding hydrogens is 262 g/mol. The van der Waals surface area contributed by atoms with Gasteiger partial charge in [0.2, 0.25) is 0 Å². The van der Waals surface area contributed by atoms with E-state index in [1.165, 1.54) is 11.1 Å². The minimum Gasteiger partial charge on any atom is -0.481 e. The lowest BCUT2D eigenvalue weighted by molar-refractivity contribution is -0.139. The average Bonchev–Trinajstić information content (AvgIpc) is 2.68. The molecule has 114 valence electrons. The third kappa shape index (κ3) is 2.59.